The molecule has 1 fully saturated rings. The summed E-state index contributed by atoms with van der Waals surface area (Å²) in [6.45, 7) is 2.01. The number of benzene rings is 1. The van der Waals surface area contributed by atoms with Gasteiger partial charge < -0.3 is 0 Å². The smallest absolute Gasteiger partial charge is 0.249 e. The Morgan fingerprint density at radius 1 is 1.47 bits per heavy atom. The molecule has 17 heavy (non-hydrogen) atoms. The van der Waals surface area contributed by atoms with Crippen LogP contribution in [-0.2, 0) is 16.1 Å². The average molecular weight is 233 g/mol. The van der Waals surface area contributed by atoms with Crippen molar-refractivity contribution in [3.63, 3.8) is 0 Å². The Bertz CT molecular complexity index is 390. The lowest BCUT2D eigenvalue weighted by molar-refractivity contribution is -0.136. The zero-order chi connectivity index (χ0) is 12.3. The number of hydrogen-bond donors (Lipinski definition) is 1. The maximum atomic E-state index is 11.7. The monoisotopic (exact) mass is 233 g/mol. The van der Waals surface area contributed by atoms with E-state index in [1.165, 1.54) is 12.7 Å². The van der Waals surface area contributed by atoms with Crippen LogP contribution < -0.4 is 5.48 Å². The Hall–Kier alpha value is -1.35. The fraction of sp³-hybridized carbons (Fsp3) is 0.500. The van der Waals surface area contributed by atoms with Crippen LogP contribution in [0.3, 0.4) is 0 Å². The van der Waals surface area contributed by atoms with Crippen LogP contribution in [0.25, 0.3) is 0 Å². The van der Waals surface area contributed by atoms with E-state index < -0.39 is 0 Å². The first-order valence-corrected chi connectivity index (χ1v) is 6.04. The first-order chi connectivity index (χ1) is 8.16. The van der Waals surface area contributed by atoms with Crippen LogP contribution in [0.5, 0.6) is 0 Å². The van der Waals surface area contributed by atoms with Crippen molar-refractivity contribution in [3.05, 3.63) is 35.9 Å². The van der Waals surface area contributed by atoms with Gasteiger partial charge in [0.15, 0.2) is 0 Å². The first kappa shape index (κ1) is 12.1. The third-order valence-corrected chi connectivity index (χ3v) is 3.75. The number of amides is 1. The second kappa shape index (κ2) is 4.88. The number of carbonyl (C=O) groups excluding carboxylic acids is 1. The number of hydrogen-bond acceptors (Lipinski definition) is 2. The minimum atomic E-state index is -0.217. The van der Waals surface area contributed by atoms with E-state index >= 15 is 0 Å². The molecule has 1 aliphatic rings. The van der Waals surface area contributed by atoms with Gasteiger partial charge in [0.2, 0.25) is 5.91 Å². The molecule has 0 aliphatic heterocycles. The summed E-state index contributed by atoms with van der Waals surface area (Å²) in [5, 5.41) is 0. The van der Waals surface area contributed by atoms with Crippen LogP contribution in [0.4, 0.5) is 0 Å². The Kier molecular flexibility index (Phi) is 3.48. The van der Waals surface area contributed by atoms with E-state index in [9.17, 15) is 4.79 Å². The van der Waals surface area contributed by atoms with Gasteiger partial charge in [-0.2, -0.15) is 0 Å². The van der Waals surface area contributed by atoms with Gasteiger partial charge >= 0.3 is 0 Å². The minimum absolute atomic E-state index is 0.0121. The van der Waals surface area contributed by atoms with Crippen molar-refractivity contribution in [2.24, 2.45) is 11.3 Å². The highest BCUT2D eigenvalue weighted by Gasteiger charge is 2.55. The molecule has 1 aliphatic carbocycles. The van der Waals surface area contributed by atoms with Gasteiger partial charge in [-0.3, -0.25) is 9.63 Å². The van der Waals surface area contributed by atoms with E-state index in [0.717, 1.165) is 19.3 Å². The van der Waals surface area contributed by atoms with Gasteiger partial charge in [0.25, 0.3) is 0 Å². The van der Waals surface area contributed by atoms with Crippen LogP contribution in [0.2, 0.25) is 0 Å². The number of hydroxylamine groups is 1. The lowest BCUT2D eigenvalue weighted by Crippen LogP contribution is -2.30. The fourth-order valence-corrected chi connectivity index (χ4v) is 2.35. The van der Waals surface area contributed by atoms with Crippen molar-refractivity contribution in [2.75, 3.05) is 7.11 Å². The highest BCUT2D eigenvalue weighted by atomic mass is 16.6. The van der Waals surface area contributed by atoms with Gasteiger partial charge in [0.1, 0.15) is 0 Å². The number of nitrogens with one attached hydrogen (secondary N) is 1. The third kappa shape index (κ3) is 2.67. The van der Waals surface area contributed by atoms with Gasteiger partial charge in [-0.1, -0.05) is 37.3 Å². The quantitative estimate of drug-likeness (QED) is 0.793. The molecular formula is C14H19NO2. The molecule has 2 rings (SSSR count). The molecule has 0 radical (unpaired) electrons. The number of rotatable bonds is 5. The van der Waals surface area contributed by atoms with Crippen molar-refractivity contribution in [2.45, 2.75) is 26.2 Å². The minimum Gasteiger partial charge on any atom is -0.277 e. The van der Waals surface area contributed by atoms with Gasteiger partial charge in [0, 0.05) is 0 Å². The summed E-state index contributed by atoms with van der Waals surface area (Å²) in [7, 11) is 1.47. The van der Waals surface area contributed by atoms with Crippen LogP contribution in [0.15, 0.2) is 30.3 Å². The first-order valence-electron chi connectivity index (χ1n) is 6.04. The van der Waals surface area contributed by atoms with E-state index in [0.29, 0.717) is 5.92 Å². The van der Waals surface area contributed by atoms with Gasteiger partial charge in [0.05, 0.1) is 12.5 Å². The molecule has 1 unspecified atom stereocenters. The molecule has 0 spiro atoms. The van der Waals surface area contributed by atoms with Crippen molar-refractivity contribution >= 4 is 5.91 Å². The molecule has 2 atom stereocenters. The Labute approximate surface area is 102 Å². The lowest BCUT2D eigenvalue weighted by atomic mass is 10.0. The Morgan fingerprint density at radius 3 is 2.82 bits per heavy atom. The van der Waals surface area contributed by atoms with E-state index in [1.54, 1.807) is 0 Å². The molecule has 0 aromatic heterocycles. The maximum absolute atomic E-state index is 11.7. The standard InChI is InChI=1S/C14H19NO2/c1-14(13(16)15-17-2)10-12(14)9-8-11-6-4-3-5-7-11/h3-7,12H,8-10H2,1-2H3,(H,15,16)/t12-,14?/m1/s1. The number of aryl methyl sites for hydroxylation is 1. The van der Waals surface area contributed by atoms with Crippen LogP contribution in [-0.4, -0.2) is 13.0 Å². The average Bonchev–Trinajstić information content (AvgIpc) is 3.01. The zero-order valence-corrected chi connectivity index (χ0v) is 10.4. The molecule has 1 aromatic carbocycles. The highest BCUT2D eigenvalue weighted by molar-refractivity contribution is 5.84. The second-order valence-corrected chi connectivity index (χ2v) is 4.98. The van der Waals surface area contributed by atoms with E-state index in [1.807, 2.05) is 13.0 Å². The molecular weight excluding hydrogens is 214 g/mol. The summed E-state index contributed by atoms with van der Waals surface area (Å²) in [6, 6.07) is 10.4. The number of carbonyl (C=O) groups is 1. The fourth-order valence-electron chi connectivity index (χ4n) is 2.35. The Balaban J connectivity index is 1.82. The normalized spacial score (nSPS) is 26.6. The summed E-state index contributed by atoms with van der Waals surface area (Å²) in [5.74, 6) is 0.496. The molecule has 0 heterocycles. The maximum Gasteiger partial charge on any atom is 0.249 e. The lowest BCUT2D eigenvalue weighted by Gasteiger charge is -2.10. The van der Waals surface area contributed by atoms with Crippen molar-refractivity contribution in [1.82, 2.24) is 5.48 Å². The predicted molar refractivity (Wildman–Crippen MR) is 66.1 cm³/mol. The van der Waals surface area contributed by atoms with Crippen molar-refractivity contribution in [1.29, 1.82) is 0 Å². The van der Waals surface area contributed by atoms with Gasteiger partial charge in [-0.25, -0.2) is 5.48 Å². The van der Waals surface area contributed by atoms with E-state index in [-0.39, 0.29) is 11.3 Å². The molecule has 3 heteroatoms. The molecule has 92 valence electrons. The largest absolute Gasteiger partial charge is 0.277 e. The van der Waals surface area contributed by atoms with E-state index in [2.05, 4.69) is 34.6 Å². The van der Waals surface area contributed by atoms with Crippen LogP contribution in [0.1, 0.15) is 25.3 Å². The van der Waals surface area contributed by atoms with Gasteiger partial charge in [-0.15, -0.1) is 0 Å². The SMILES string of the molecule is CONC(=O)C1(C)C[C@H]1CCc1ccccc1. The molecule has 1 saturated carbocycles. The van der Waals surface area contributed by atoms with Crippen LogP contribution >= 0.6 is 0 Å². The molecule has 1 amide bonds. The predicted octanol–water partition coefficient (Wildman–Crippen LogP) is 2.32. The van der Waals surface area contributed by atoms with E-state index in [4.69, 9.17) is 0 Å². The molecule has 1 aromatic rings. The summed E-state index contributed by atoms with van der Waals surface area (Å²) in [6.07, 6.45) is 3.08. The molecule has 0 bridgehead atoms. The summed E-state index contributed by atoms with van der Waals surface area (Å²) in [4.78, 5) is 16.4. The second-order valence-electron chi connectivity index (χ2n) is 4.98. The van der Waals surface area contributed by atoms with Crippen molar-refractivity contribution in [3.8, 4) is 0 Å². The zero-order valence-electron chi connectivity index (χ0n) is 10.4. The topological polar surface area (TPSA) is 38.3 Å². The Morgan fingerprint density at radius 2 is 2.18 bits per heavy atom. The molecule has 1 N–H and O–H groups in total. The van der Waals surface area contributed by atoms with Crippen molar-refractivity contribution < 1.29 is 9.63 Å². The highest BCUT2D eigenvalue weighted by Crippen LogP contribution is 2.54. The van der Waals surface area contributed by atoms with Crippen LogP contribution in [0, 0.1) is 11.3 Å². The molecule has 3 nitrogen and oxygen atoms in total. The summed E-state index contributed by atoms with van der Waals surface area (Å²) in [5.41, 5.74) is 3.56. The third-order valence-electron chi connectivity index (χ3n) is 3.75. The van der Waals surface area contributed by atoms with Gasteiger partial charge in [-0.05, 0) is 30.7 Å². The molecule has 0 saturated heterocycles. The summed E-state index contributed by atoms with van der Waals surface area (Å²) < 4.78 is 0. The summed E-state index contributed by atoms with van der Waals surface area (Å²) >= 11 is 0.